The molecule has 9 heteroatoms. The number of quaternary nitrogens is 1. The summed E-state index contributed by atoms with van der Waals surface area (Å²) in [5, 5.41) is 2.59. The maximum absolute atomic E-state index is 12.2. The van der Waals surface area contributed by atoms with Gasteiger partial charge in [0.05, 0.1) is 7.05 Å². The van der Waals surface area contributed by atoms with Crippen molar-refractivity contribution in [2.45, 2.75) is 19.3 Å². The standard InChI is InChI=1S/C15H20F3N3O3/c1-10(21(4)9-13(22)20(2)3)14(23)19-11-5-7-12(8-6-11)24-15(16,17)18/h5-8,10H,9H2,1-4H3,(H,19,23)/p+1/t10-/m1/s1. The van der Waals surface area contributed by atoms with Gasteiger partial charge >= 0.3 is 6.36 Å². The van der Waals surface area contributed by atoms with Crippen molar-refractivity contribution in [2.24, 2.45) is 0 Å². The largest absolute Gasteiger partial charge is 0.573 e. The van der Waals surface area contributed by atoms with Gasteiger partial charge in [-0.3, -0.25) is 9.59 Å². The quantitative estimate of drug-likeness (QED) is 0.788. The third kappa shape index (κ3) is 6.45. The predicted octanol–water partition coefficient (Wildman–Crippen LogP) is 0.515. The smallest absolute Gasteiger partial charge is 0.406 e. The van der Waals surface area contributed by atoms with Crippen molar-refractivity contribution >= 4 is 17.5 Å². The van der Waals surface area contributed by atoms with Crippen LogP contribution in [0.3, 0.4) is 0 Å². The molecule has 0 spiro atoms. The molecule has 0 saturated carbocycles. The summed E-state index contributed by atoms with van der Waals surface area (Å²) in [4.78, 5) is 25.9. The first kappa shape index (κ1) is 19.8. The van der Waals surface area contributed by atoms with Crippen molar-refractivity contribution in [1.82, 2.24) is 4.90 Å². The molecule has 0 heterocycles. The van der Waals surface area contributed by atoms with Gasteiger partial charge in [-0.05, 0) is 31.2 Å². The molecule has 2 amide bonds. The van der Waals surface area contributed by atoms with Gasteiger partial charge in [-0.1, -0.05) is 0 Å². The topological polar surface area (TPSA) is 63.1 Å². The number of amides is 2. The van der Waals surface area contributed by atoms with Crippen LogP contribution in [0.15, 0.2) is 24.3 Å². The average molecular weight is 348 g/mol. The highest BCUT2D eigenvalue weighted by molar-refractivity contribution is 5.93. The minimum Gasteiger partial charge on any atom is -0.406 e. The molecular formula is C15H21F3N3O3+. The second-order valence-electron chi connectivity index (χ2n) is 5.59. The van der Waals surface area contributed by atoms with E-state index in [1.54, 1.807) is 28.1 Å². The van der Waals surface area contributed by atoms with E-state index in [0.29, 0.717) is 10.6 Å². The van der Waals surface area contributed by atoms with Gasteiger partial charge in [0, 0.05) is 19.8 Å². The Labute approximate surface area is 138 Å². The van der Waals surface area contributed by atoms with E-state index in [-0.39, 0.29) is 24.1 Å². The van der Waals surface area contributed by atoms with Gasteiger partial charge in [-0.2, -0.15) is 0 Å². The monoisotopic (exact) mass is 348 g/mol. The SMILES string of the molecule is C[C@H](C(=O)Nc1ccc(OC(F)(F)F)cc1)[NH+](C)CC(=O)N(C)C. The summed E-state index contributed by atoms with van der Waals surface area (Å²) in [5.74, 6) is -0.822. The minimum absolute atomic E-state index is 0.110. The molecule has 1 aromatic rings. The van der Waals surface area contributed by atoms with Crippen LogP contribution in [0.4, 0.5) is 18.9 Å². The number of alkyl halides is 3. The van der Waals surface area contributed by atoms with Crippen LogP contribution in [-0.2, 0) is 9.59 Å². The van der Waals surface area contributed by atoms with Crippen molar-refractivity contribution in [3.05, 3.63) is 24.3 Å². The van der Waals surface area contributed by atoms with Crippen LogP contribution >= 0.6 is 0 Å². The van der Waals surface area contributed by atoms with E-state index < -0.39 is 12.4 Å². The Balaban J connectivity index is 2.62. The first-order chi connectivity index (χ1) is 11.0. The maximum atomic E-state index is 12.2. The number of hydrogen-bond donors (Lipinski definition) is 2. The predicted molar refractivity (Wildman–Crippen MR) is 81.7 cm³/mol. The molecule has 1 unspecified atom stereocenters. The second-order valence-corrected chi connectivity index (χ2v) is 5.59. The fourth-order valence-electron chi connectivity index (χ4n) is 1.76. The normalized spacial score (nSPS) is 13.8. The molecule has 1 aromatic carbocycles. The number of anilines is 1. The van der Waals surface area contributed by atoms with Gasteiger partial charge in [0.2, 0.25) is 0 Å². The number of ether oxygens (including phenoxy) is 1. The highest BCUT2D eigenvalue weighted by Gasteiger charge is 2.31. The number of nitrogens with zero attached hydrogens (tertiary/aromatic N) is 1. The lowest BCUT2D eigenvalue weighted by atomic mass is 10.2. The Morgan fingerprint density at radius 1 is 1.25 bits per heavy atom. The third-order valence-electron chi connectivity index (χ3n) is 3.42. The van der Waals surface area contributed by atoms with E-state index in [1.165, 1.54) is 17.0 Å². The number of halogens is 3. The van der Waals surface area contributed by atoms with Gasteiger partial charge in [0.25, 0.3) is 11.8 Å². The molecule has 0 radical (unpaired) electrons. The Morgan fingerprint density at radius 2 is 1.79 bits per heavy atom. The number of hydrogen-bond acceptors (Lipinski definition) is 3. The van der Waals surface area contributed by atoms with Crippen LogP contribution in [0.1, 0.15) is 6.92 Å². The Bertz CT molecular complexity index is 574. The molecule has 0 aromatic heterocycles. The van der Waals surface area contributed by atoms with E-state index in [0.717, 1.165) is 12.1 Å². The van der Waals surface area contributed by atoms with Crippen LogP contribution in [-0.4, -0.2) is 56.8 Å². The van der Waals surface area contributed by atoms with E-state index in [1.807, 2.05) is 0 Å². The molecule has 0 bridgehead atoms. The van der Waals surface area contributed by atoms with E-state index >= 15 is 0 Å². The fraction of sp³-hybridized carbons (Fsp3) is 0.467. The molecule has 24 heavy (non-hydrogen) atoms. The third-order valence-corrected chi connectivity index (χ3v) is 3.42. The molecule has 0 fully saturated rings. The van der Waals surface area contributed by atoms with Crippen molar-refractivity contribution < 1.29 is 32.4 Å². The van der Waals surface area contributed by atoms with Gasteiger partial charge in [-0.15, -0.1) is 13.2 Å². The molecule has 6 nitrogen and oxygen atoms in total. The van der Waals surface area contributed by atoms with Crippen LogP contribution in [0.2, 0.25) is 0 Å². The van der Waals surface area contributed by atoms with Crippen LogP contribution in [0, 0.1) is 0 Å². The number of likely N-dealkylation sites (N-methyl/N-ethyl adjacent to an activating group) is 2. The lowest BCUT2D eigenvalue weighted by Crippen LogP contribution is -3.15. The number of carbonyl (C=O) groups excluding carboxylic acids is 2. The van der Waals surface area contributed by atoms with Gasteiger partial charge in [0.15, 0.2) is 12.6 Å². The van der Waals surface area contributed by atoms with Gasteiger partial charge in [0.1, 0.15) is 5.75 Å². The van der Waals surface area contributed by atoms with E-state index in [9.17, 15) is 22.8 Å². The van der Waals surface area contributed by atoms with Crippen LogP contribution in [0.25, 0.3) is 0 Å². The zero-order valence-corrected chi connectivity index (χ0v) is 13.9. The highest BCUT2D eigenvalue weighted by Crippen LogP contribution is 2.23. The molecule has 134 valence electrons. The number of carbonyl (C=O) groups is 2. The Morgan fingerprint density at radius 3 is 2.25 bits per heavy atom. The zero-order valence-electron chi connectivity index (χ0n) is 13.9. The molecule has 1 rings (SSSR count). The molecule has 2 atom stereocenters. The summed E-state index contributed by atoms with van der Waals surface area (Å²) < 4.78 is 40.0. The lowest BCUT2D eigenvalue weighted by Gasteiger charge is -2.22. The minimum atomic E-state index is -4.76. The van der Waals surface area contributed by atoms with E-state index in [4.69, 9.17) is 0 Å². The maximum Gasteiger partial charge on any atom is 0.573 e. The molecule has 0 saturated heterocycles. The van der Waals surface area contributed by atoms with Crippen molar-refractivity contribution in [3.8, 4) is 5.75 Å². The van der Waals surface area contributed by atoms with Gasteiger partial charge in [-0.25, -0.2) is 0 Å². The fourth-order valence-corrected chi connectivity index (χ4v) is 1.76. The highest BCUT2D eigenvalue weighted by atomic mass is 19.4. The number of nitrogens with one attached hydrogen (secondary N) is 2. The van der Waals surface area contributed by atoms with Gasteiger partial charge < -0.3 is 19.9 Å². The first-order valence-corrected chi connectivity index (χ1v) is 7.18. The summed E-state index contributed by atoms with van der Waals surface area (Å²) in [6, 6.07) is 4.33. The number of benzene rings is 1. The van der Waals surface area contributed by atoms with Crippen molar-refractivity contribution in [2.75, 3.05) is 33.0 Å². The van der Waals surface area contributed by atoms with Crippen LogP contribution < -0.4 is 15.0 Å². The summed E-state index contributed by atoms with van der Waals surface area (Å²) in [5.41, 5.74) is 0.341. The molecule has 0 aliphatic rings. The number of rotatable bonds is 6. The summed E-state index contributed by atoms with van der Waals surface area (Å²) in [7, 11) is 4.97. The lowest BCUT2D eigenvalue weighted by molar-refractivity contribution is -0.886. The van der Waals surface area contributed by atoms with Crippen molar-refractivity contribution in [1.29, 1.82) is 0 Å². The van der Waals surface area contributed by atoms with E-state index in [2.05, 4.69) is 10.1 Å². The zero-order chi connectivity index (χ0) is 18.5. The average Bonchev–Trinajstić information content (AvgIpc) is 2.46. The Kier molecular flexibility index (Phi) is 6.59. The summed E-state index contributed by atoms with van der Waals surface area (Å²) >= 11 is 0. The van der Waals surface area contributed by atoms with Crippen LogP contribution in [0.5, 0.6) is 5.75 Å². The summed E-state index contributed by atoms with van der Waals surface area (Å²) in [6.45, 7) is 1.81. The second kappa shape index (κ2) is 8.00. The molecule has 0 aliphatic heterocycles. The van der Waals surface area contributed by atoms with Crippen molar-refractivity contribution in [3.63, 3.8) is 0 Å². The molecule has 0 aliphatic carbocycles. The Hall–Kier alpha value is -2.29. The summed E-state index contributed by atoms with van der Waals surface area (Å²) in [6.07, 6.45) is -4.76. The first-order valence-electron chi connectivity index (χ1n) is 7.18. The molecular weight excluding hydrogens is 327 g/mol. The molecule has 2 N–H and O–H groups in total.